The average molecular weight is 252 g/mol. The molecular formula is C14H24N2O2. The SMILES string of the molecule is CCCC1CC1N1C(=O)C(C)(CC)NC(=O)C1C. The summed E-state index contributed by atoms with van der Waals surface area (Å²) in [5.41, 5.74) is -0.705. The number of rotatable bonds is 4. The molecule has 0 radical (unpaired) electrons. The zero-order valence-corrected chi connectivity index (χ0v) is 11.8. The van der Waals surface area contributed by atoms with Crippen molar-refractivity contribution >= 4 is 11.8 Å². The van der Waals surface area contributed by atoms with Crippen LogP contribution in [0.5, 0.6) is 0 Å². The van der Waals surface area contributed by atoms with Crippen LogP contribution in [0.15, 0.2) is 0 Å². The average Bonchev–Trinajstić information content (AvgIpc) is 3.07. The van der Waals surface area contributed by atoms with Gasteiger partial charge in [-0.25, -0.2) is 0 Å². The summed E-state index contributed by atoms with van der Waals surface area (Å²) in [6, 6.07) is -0.0200. The fourth-order valence-electron chi connectivity index (χ4n) is 2.95. The number of piperazine rings is 1. The van der Waals surface area contributed by atoms with Gasteiger partial charge in [0.2, 0.25) is 11.8 Å². The zero-order valence-electron chi connectivity index (χ0n) is 11.8. The van der Waals surface area contributed by atoms with Crippen molar-refractivity contribution in [3.05, 3.63) is 0 Å². The van der Waals surface area contributed by atoms with E-state index in [1.165, 1.54) is 0 Å². The Morgan fingerprint density at radius 2 is 2.06 bits per heavy atom. The standard InChI is InChI=1S/C14H24N2O2/c1-5-7-10-8-11(10)16-9(3)12(17)15-14(4,6-2)13(16)18/h9-11H,5-8H2,1-4H3,(H,15,17). The lowest BCUT2D eigenvalue weighted by atomic mass is 9.92. The number of hydrogen-bond donors (Lipinski definition) is 1. The summed E-state index contributed by atoms with van der Waals surface area (Å²) >= 11 is 0. The van der Waals surface area contributed by atoms with Gasteiger partial charge in [-0.15, -0.1) is 0 Å². The molecule has 0 aromatic carbocycles. The fraction of sp³-hybridized carbons (Fsp3) is 0.857. The van der Waals surface area contributed by atoms with Crippen molar-refractivity contribution in [2.24, 2.45) is 5.92 Å². The summed E-state index contributed by atoms with van der Waals surface area (Å²) in [6.07, 6.45) is 4.02. The Kier molecular flexibility index (Phi) is 3.39. The minimum absolute atomic E-state index is 0.0129. The Morgan fingerprint density at radius 3 is 2.61 bits per heavy atom. The highest BCUT2D eigenvalue weighted by Gasteiger charge is 2.53. The summed E-state index contributed by atoms with van der Waals surface area (Å²) in [4.78, 5) is 26.4. The molecule has 0 aromatic heterocycles. The van der Waals surface area contributed by atoms with Gasteiger partial charge < -0.3 is 10.2 Å². The Bertz CT molecular complexity index is 369. The van der Waals surface area contributed by atoms with Crippen molar-refractivity contribution in [3.63, 3.8) is 0 Å². The predicted octanol–water partition coefficient (Wildman–Crippen LogP) is 1.69. The zero-order chi connectivity index (χ0) is 13.5. The highest BCUT2D eigenvalue weighted by Crippen LogP contribution is 2.42. The van der Waals surface area contributed by atoms with Crippen LogP contribution >= 0.6 is 0 Å². The van der Waals surface area contributed by atoms with Crippen LogP contribution in [0.1, 0.15) is 53.4 Å². The maximum atomic E-state index is 12.6. The van der Waals surface area contributed by atoms with E-state index < -0.39 is 5.54 Å². The molecule has 4 heteroatoms. The Labute approximate surface area is 109 Å². The van der Waals surface area contributed by atoms with Gasteiger partial charge in [-0.3, -0.25) is 9.59 Å². The number of carbonyl (C=O) groups is 2. The third-order valence-electron chi connectivity index (χ3n) is 4.51. The number of amides is 2. The minimum Gasteiger partial charge on any atom is -0.340 e. The van der Waals surface area contributed by atoms with Gasteiger partial charge in [-0.1, -0.05) is 20.3 Å². The summed E-state index contributed by atoms with van der Waals surface area (Å²) in [7, 11) is 0. The first-order valence-electron chi connectivity index (χ1n) is 7.09. The van der Waals surface area contributed by atoms with Gasteiger partial charge in [0.25, 0.3) is 0 Å². The van der Waals surface area contributed by atoms with Gasteiger partial charge in [0.05, 0.1) is 0 Å². The first kappa shape index (κ1) is 13.4. The summed E-state index contributed by atoms with van der Waals surface area (Å²) in [6.45, 7) is 7.79. The van der Waals surface area contributed by atoms with Crippen LogP contribution in [-0.2, 0) is 9.59 Å². The highest BCUT2D eigenvalue weighted by molar-refractivity contribution is 5.99. The first-order chi connectivity index (χ1) is 8.44. The second kappa shape index (κ2) is 4.56. The first-order valence-corrected chi connectivity index (χ1v) is 7.09. The lowest BCUT2D eigenvalue weighted by molar-refractivity contribution is -0.154. The Balaban J connectivity index is 2.17. The van der Waals surface area contributed by atoms with Crippen molar-refractivity contribution in [2.45, 2.75) is 71.0 Å². The van der Waals surface area contributed by atoms with Crippen molar-refractivity contribution in [1.29, 1.82) is 0 Å². The molecular weight excluding hydrogens is 228 g/mol. The van der Waals surface area contributed by atoms with E-state index in [2.05, 4.69) is 12.2 Å². The van der Waals surface area contributed by atoms with E-state index in [0.29, 0.717) is 18.4 Å². The van der Waals surface area contributed by atoms with Gasteiger partial charge in [0, 0.05) is 6.04 Å². The molecule has 102 valence electrons. The van der Waals surface area contributed by atoms with Crippen molar-refractivity contribution in [1.82, 2.24) is 10.2 Å². The smallest absolute Gasteiger partial charge is 0.248 e. The molecule has 2 aliphatic rings. The second-order valence-corrected chi connectivity index (χ2v) is 5.92. The van der Waals surface area contributed by atoms with Crippen molar-refractivity contribution < 1.29 is 9.59 Å². The molecule has 1 saturated carbocycles. The fourth-order valence-corrected chi connectivity index (χ4v) is 2.95. The molecule has 2 amide bonds. The molecule has 18 heavy (non-hydrogen) atoms. The van der Waals surface area contributed by atoms with Crippen LogP contribution in [0, 0.1) is 5.92 Å². The minimum atomic E-state index is -0.705. The van der Waals surface area contributed by atoms with Gasteiger partial charge in [-0.2, -0.15) is 0 Å². The lowest BCUT2D eigenvalue weighted by Crippen LogP contribution is -2.69. The van der Waals surface area contributed by atoms with Crippen LogP contribution in [0.4, 0.5) is 0 Å². The largest absolute Gasteiger partial charge is 0.340 e. The predicted molar refractivity (Wildman–Crippen MR) is 69.9 cm³/mol. The number of nitrogens with one attached hydrogen (secondary N) is 1. The molecule has 4 atom stereocenters. The van der Waals surface area contributed by atoms with Crippen LogP contribution in [-0.4, -0.2) is 34.3 Å². The van der Waals surface area contributed by atoms with Gasteiger partial charge in [-0.05, 0) is 39.0 Å². The van der Waals surface area contributed by atoms with Crippen LogP contribution in [0.25, 0.3) is 0 Å². The van der Waals surface area contributed by atoms with Gasteiger partial charge in [0.1, 0.15) is 11.6 Å². The maximum Gasteiger partial charge on any atom is 0.248 e. The lowest BCUT2D eigenvalue weighted by Gasteiger charge is -2.43. The molecule has 0 aromatic rings. The van der Waals surface area contributed by atoms with E-state index >= 15 is 0 Å². The Hall–Kier alpha value is -1.06. The normalized spacial score (nSPS) is 39.8. The van der Waals surface area contributed by atoms with E-state index in [1.54, 1.807) is 0 Å². The third-order valence-corrected chi connectivity index (χ3v) is 4.51. The highest BCUT2D eigenvalue weighted by atomic mass is 16.2. The van der Waals surface area contributed by atoms with E-state index in [9.17, 15) is 9.59 Å². The topological polar surface area (TPSA) is 49.4 Å². The summed E-state index contributed by atoms with van der Waals surface area (Å²) < 4.78 is 0. The molecule has 1 saturated heterocycles. The molecule has 2 fully saturated rings. The molecule has 1 heterocycles. The molecule has 4 unspecified atom stereocenters. The molecule has 2 rings (SSSR count). The van der Waals surface area contributed by atoms with E-state index in [4.69, 9.17) is 0 Å². The van der Waals surface area contributed by atoms with Crippen LogP contribution in [0.3, 0.4) is 0 Å². The number of hydrogen-bond acceptors (Lipinski definition) is 2. The van der Waals surface area contributed by atoms with Gasteiger partial charge >= 0.3 is 0 Å². The van der Waals surface area contributed by atoms with Crippen LogP contribution in [0.2, 0.25) is 0 Å². The number of carbonyl (C=O) groups excluding carboxylic acids is 2. The summed E-state index contributed by atoms with van der Waals surface area (Å²) in [5.74, 6) is 0.690. The molecule has 1 aliphatic heterocycles. The summed E-state index contributed by atoms with van der Waals surface area (Å²) in [5, 5.41) is 2.87. The van der Waals surface area contributed by atoms with Gasteiger partial charge in [0.15, 0.2) is 0 Å². The maximum absolute atomic E-state index is 12.6. The van der Waals surface area contributed by atoms with Crippen molar-refractivity contribution in [2.75, 3.05) is 0 Å². The monoisotopic (exact) mass is 252 g/mol. The molecule has 0 spiro atoms. The van der Waals surface area contributed by atoms with E-state index in [0.717, 1.165) is 19.3 Å². The second-order valence-electron chi connectivity index (χ2n) is 5.92. The quantitative estimate of drug-likeness (QED) is 0.827. The molecule has 4 nitrogen and oxygen atoms in total. The van der Waals surface area contributed by atoms with E-state index in [-0.39, 0.29) is 17.9 Å². The molecule has 0 bridgehead atoms. The third kappa shape index (κ3) is 2.02. The van der Waals surface area contributed by atoms with E-state index in [1.807, 2.05) is 25.7 Å². The molecule has 1 aliphatic carbocycles. The van der Waals surface area contributed by atoms with Crippen molar-refractivity contribution in [3.8, 4) is 0 Å². The Morgan fingerprint density at radius 1 is 1.39 bits per heavy atom. The van der Waals surface area contributed by atoms with Crippen LogP contribution < -0.4 is 5.32 Å². The number of nitrogens with zero attached hydrogens (tertiary/aromatic N) is 1. The molecule has 1 N–H and O–H groups in total.